The first-order valence-electron chi connectivity index (χ1n) is 8.29. The summed E-state index contributed by atoms with van der Waals surface area (Å²) in [5.74, 6) is 1.03. The van der Waals surface area contributed by atoms with E-state index in [0.29, 0.717) is 7.36 Å². The van der Waals surface area contributed by atoms with Crippen LogP contribution in [0.2, 0.25) is 0 Å². The molecule has 0 N–H and O–H groups in total. The molecule has 0 fully saturated rings. The Morgan fingerprint density at radius 3 is 2.23 bits per heavy atom. The molecule has 0 spiro atoms. The van der Waals surface area contributed by atoms with Crippen molar-refractivity contribution in [2.24, 2.45) is 0 Å². The number of carbonyl (C=O) groups is 2. The number of hydrogen-bond acceptors (Lipinski definition) is 7. The summed E-state index contributed by atoms with van der Waals surface area (Å²) in [6.07, 6.45) is -0.568. The zero-order chi connectivity index (χ0) is 19.4. The molecular formula is C17H24NO4PS3. The smallest absolute Gasteiger partial charge is 0.413 e. The summed E-state index contributed by atoms with van der Waals surface area (Å²) in [6.45, 7) is 5.92. The van der Waals surface area contributed by atoms with E-state index < -0.39 is 16.0 Å². The first-order valence-corrected chi connectivity index (χ1v) is 12.2. The molecule has 1 aromatic rings. The van der Waals surface area contributed by atoms with Gasteiger partial charge < -0.3 is 9.47 Å². The van der Waals surface area contributed by atoms with Gasteiger partial charge in [-0.25, -0.2) is 4.79 Å². The highest BCUT2D eigenvalue weighted by atomic mass is 32.4. The van der Waals surface area contributed by atoms with Crippen LogP contribution in [0.4, 0.5) is 4.79 Å². The van der Waals surface area contributed by atoms with Crippen molar-refractivity contribution in [1.29, 1.82) is 0 Å². The fourth-order valence-corrected chi connectivity index (χ4v) is 7.16. The maximum atomic E-state index is 12.8. The third-order valence-electron chi connectivity index (χ3n) is 3.14. The summed E-state index contributed by atoms with van der Waals surface area (Å²) in [5.41, 5.74) is 0.879. The van der Waals surface area contributed by atoms with Gasteiger partial charge in [0.15, 0.2) is 3.94 Å². The van der Waals surface area contributed by atoms with E-state index in [2.05, 4.69) is 0 Å². The molecule has 0 saturated heterocycles. The number of ether oxygens (including phenoxy) is 2. The summed E-state index contributed by atoms with van der Waals surface area (Å²) < 4.78 is 9.74. The molecule has 0 bridgehead atoms. The SMILES string of the molecule is CCOC(=O)CN(C(=O)OCc1ccccc1)C(P=S)(SCC)SCC. The van der Waals surface area contributed by atoms with Crippen molar-refractivity contribution in [3.05, 3.63) is 35.9 Å². The predicted molar refractivity (Wildman–Crippen MR) is 113 cm³/mol. The third-order valence-corrected chi connectivity index (χ3v) is 8.90. The molecule has 0 aliphatic carbocycles. The second kappa shape index (κ2) is 12.5. The van der Waals surface area contributed by atoms with Gasteiger partial charge in [0.1, 0.15) is 13.2 Å². The number of nitrogens with zero attached hydrogens (tertiary/aromatic N) is 1. The van der Waals surface area contributed by atoms with Crippen LogP contribution in [0.25, 0.3) is 0 Å². The van der Waals surface area contributed by atoms with E-state index in [9.17, 15) is 9.59 Å². The highest BCUT2D eigenvalue weighted by molar-refractivity contribution is 8.27. The van der Waals surface area contributed by atoms with Crippen LogP contribution < -0.4 is 0 Å². The fraction of sp³-hybridized carbons (Fsp3) is 0.529. The van der Waals surface area contributed by atoms with Gasteiger partial charge in [-0.05, 0) is 24.0 Å². The molecule has 0 heterocycles. The van der Waals surface area contributed by atoms with Gasteiger partial charge in [0, 0.05) is 7.36 Å². The third kappa shape index (κ3) is 7.06. The maximum Gasteiger partial charge on any atom is 0.413 e. The van der Waals surface area contributed by atoms with Crippen LogP contribution in [0.15, 0.2) is 30.3 Å². The minimum atomic E-state index is -0.765. The fourth-order valence-electron chi connectivity index (χ4n) is 2.09. The molecule has 1 aromatic carbocycles. The summed E-state index contributed by atoms with van der Waals surface area (Å²) in [5, 5.41) is 0. The van der Waals surface area contributed by atoms with Crippen LogP contribution in [-0.4, -0.2) is 45.6 Å². The van der Waals surface area contributed by atoms with E-state index in [1.54, 1.807) is 6.92 Å². The van der Waals surface area contributed by atoms with Crippen molar-refractivity contribution < 1.29 is 19.1 Å². The van der Waals surface area contributed by atoms with Gasteiger partial charge in [-0.2, -0.15) is 0 Å². The number of carbonyl (C=O) groups excluding carboxylic acids is 2. The molecule has 9 heteroatoms. The largest absolute Gasteiger partial charge is 0.465 e. The average molecular weight is 434 g/mol. The molecule has 26 heavy (non-hydrogen) atoms. The van der Waals surface area contributed by atoms with Crippen molar-refractivity contribution >= 4 is 54.7 Å². The lowest BCUT2D eigenvalue weighted by molar-refractivity contribution is -0.144. The van der Waals surface area contributed by atoms with E-state index in [0.717, 1.165) is 17.1 Å². The lowest BCUT2D eigenvalue weighted by atomic mass is 10.2. The van der Waals surface area contributed by atoms with E-state index >= 15 is 0 Å². The maximum absolute atomic E-state index is 12.8. The molecular weight excluding hydrogens is 409 g/mol. The molecule has 0 radical (unpaired) electrons. The summed E-state index contributed by atoms with van der Waals surface area (Å²) >= 11 is 8.40. The lowest BCUT2D eigenvalue weighted by Gasteiger charge is -2.37. The summed E-state index contributed by atoms with van der Waals surface area (Å²) in [7, 11) is 0.558. The quantitative estimate of drug-likeness (QED) is 0.284. The van der Waals surface area contributed by atoms with Gasteiger partial charge in [0.25, 0.3) is 0 Å². The first kappa shape index (κ1) is 23.2. The number of benzene rings is 1. The highest BCUT2D eigenvalue weighted by Gasteiger charge is 2.41. The van der Waals surface area contributed by atoms with Crippen LogP contribution in [0.5, 0.6) is 0 Å². The first-order chi connectivity index (χ1) is 12.5. The predicted octanol–water partition coefficient (Wildman–Crippen LogP) is 4.71. The Morgan fingerprint density at radius 2 is 1.73 bits per heavy atom. The van der Waals surface area contributed by atoms with Gasteiger partial charge in [-0.3, -0.25) is 9.69 Å². The molecule has 0 aliphatic rings. The molecule has 0 atom stereocenters. The molecule has 0 unspecified atom stereocenters. The molecule has 5 nitrogen and oxygen atoms in total. The second-order valence-corrected chi connectivity index (χ2v) is 10.1. The Hall–Kier alpha value is -0.820. The van der Waals surface area contributed by atoms with Crippen LogP contribution in [0, 0.1) is 0 Å². The monoisotopic (exact) mass is 433 g/mol. The van der Waals surface area contributed by atoms with Crippen molar-refractivity contribution in [1.82, 2.24) is 4.90 Å². The van der Waals surface area contributed by atoms with E-state index in [1.807, 2.05) is 44.2 Å². The highest BCUT2D eigenvalue weighted by Crippen LogP contribution is 2.49. The number of rotatable bonds is 11. The molecule has 0 saturated carbocycles. The van der Waals surface area contributed by atoms with Gasteiger partial charge in [-0.1, -0.05) is 56.0 Å². The average Bonchev–Trinajstić information content (AvgIpc) is 2.65. The van der Waals surface area contributed by atoms with Gasteiger partial charge >= 0.3 is 12.1 Å². The zero-order valence-corrected chi connectivity index (χ0v) is 18.5. The Labute approximate surface area is 170 Å². The normalized spacial score (nSPS) is 11.2. The Bertz CT molecular complexity index is 583. The van der Waals surface area contributed by atoms with E-state index in [4.69, 9.17) is 21.3 Å². The lowest BCUT2D eigenvalue weighted by Crippen LogP contribution is -2.47. The van der Waals surface area contributed by atoms with Crippen LogP contribution in [-0.2, 0) is 32.7 Å². The number of amides is 1. The van der Waals surface area contributed by atoms with Crippen LogP contribution in [0.3, 0.4) is 0 Å². The summed E-state index contributed by atoms with van der Waals surface area (Å²) in [6, 6.07) is 9.42. The standard InChI is InChI=1S/C17H24NO4PS3/c1-4-21-15(19)12-18(17(23-24,25-5-2)26-6-3)16(20)22-13-14-10-8-7-9-11-14/h7-11H,4-6,12-13H2,1-3H3. The molecule has 0 aliphatic heterocycles. The zero-order valence-electron chi connectivity index (χ0n) is 15.2. The van der Waals surface area contributed by atoms with Crippen LogP contribution >= 0.6 is 30.9 Å². The van der Waals surface area contributed by atoms with Gasteiger partial charge in [0.2, 0.25) is 0 Å². The second-order valence-electron chi connectivity index (χ2n) is 4.94. The van der Waals surface area contributed by atoms with Gasteiger partial charge in [-0.15, -0.1) is 23.5 Å². The van der Waals surface area contributed by atoms with Crippen LogP contribution in [0.1, 0.15) is 26.3 Å². The summed E-state index contributed by atoms with van der Waals surface area (Å²) in [4.78, 5) is 26.3. The van der Waals surface area contributed by atoms with E-state index in [-0.39, 0.29) is 19.8 Å². The topological polar surface area (TPSA) is 55.8 Å². The molecule has 144 valence electrons. The van der Waals surface area contributed by atoms with E-state index in [1.165, 1.54) is 28.4 Å². The molecule has 1 rings (SSSR count). The minimum Gasteiger partial charge on any atom is -0.465 e. The Balaban J connectivity index is 3.02. The Kier molecular flexibility index (Phi) is 11.2. The molecule has 1 amide bonds. The van der Waals surface area contributed by atoms with Crippen molar-refractivity contribution in [2.75, 3.05) is 24.7 Å². The number of esters is 1. The van der Waals surface area contributed by atoms with Crippen molar-refractivity contribution in [2.45, 2.75) is 31.3 Å². The van der Waals surface area contributed by atoms with Crippen molar-refractivity contribution in [3.8, 4) is 0 Å². The Morgan fingerprint density at radius 1 is 1.12 bits per heavy atom. The van der Waals surface area contributed by atoms with Gasteiger partial charge in [0.05, 0.1) is 6.61 Å². The minimum absolute atomic E-state index is 0.136. The molecule has 0 aromatic heterocycles. The van der Waals surface area contributed by atoms with Crippen molar-refractivity contribution in [3.63, 3.8) is 0 Å². The number of hydrogen-bond donors (Lipinski definition) is 0. The number of thioether (sulfide) groups is 2.